The van der Waals surface area contributed by atoms with Crippen molar-refractivity contribution in [3.63, 3.8) is 0 Å². The van der Waals surface area contributed by atoms with Gasteiger partial charge in [0.05, 0.1) is 21.1 Å². The molecule has 1 aliphatic rings. The first-order valence-electron chi connectivity index (χ1n) is 7.44. The fraction of sp³-hybridized carbons (Fsp3) is 0. The molecule has 0 aromatic heterocycles. The van der Waals surface area contributed by atoms with Crippen molar-refractivity contribution < 1.29 is 14.8 Å². The standard InChI is InChI=1S/C18H12N2O4S2/c21-14-10-8-13(9-11-14)19-17(22)16(26-18(19)25)7-3-5-12-4-1-2-6-15(12)20(23)24/h1-11,21H/b5-3+,16-7-. The van der Waals surface area contributed by atoms with Crippen molar-refractivity contribution in [1.82, 2.24) is 0 Å². The van der Waals surface area contributed by atoms with Gasteiger partial charge in [0, 0.05) is 6.07 Å². The van der Waals surface area contributed by atoms with Gasteiger partial charge in [0.2, 0.25) is 0 Å². The second-order valence-electron chi connectivity index (χ2n) is 5.23. The van der Waals surface area contributed by atoms with Crippen LogP contribution in [-0.2, 0) is 4.79 Å². The minimum absolute atomic E-state index is 0.00575. The normalized spacial score (nSPS) is 16.0. The number of carbonyl (C=O) groups excluding carboxylic acids is 1. The molecule has 1 saturated heterocycles. The molecular weight excluding hydrogens is 372 g/mol. The zero-order chi connectivity index (χ0) is 18.7. The molecule has 0 unspecified atom stereocenters. The first-order chi connectivity index (χ1) is 12.5. The lowest BCUT2D eigenvalue weighted by Crippen LogP contribution is -2.27. The predicted octanol–water partition coefficient (Wildman–Crippen LogP) is 4.26. The van der Waals surface area contributed by atoms with Crippen LogP contribution in [0.2, 0.25) is 0 Å². The number of allylic oxidation sites excluding steroid dienone is 2. The maximum Gasteiger partial charge on any atom is 0.276 e. The van der Waals surface area contributed by atoms with E-state index in [1.54, 1.807) is 48.6 Å². The number of phenols is 1. The van der Waals surface area contributed by atoms with Crippen molar-refractivity contribution >= 4 is 51.7 Å². The second kappa shape index (κ2) is 7.51. The Labute approximate surface area is 158 Å². The summed E-state index contributed by atoms with van der Waals surface area (Å²) in [6.07, 6.45) is 4.74. The molecule has 1 fully saturated rings. The number of hydrogen-bond donors (Lipinski definition) is 1. The molecule has 0 radical (unpaired) electrons. The molecule has 2 aromatic carbocycles. The Hall–Kier alpha value is -2.97. The minimum Gasteiger partial charge on any atom is -0.508 e. The number of amides is 1. The number of thioether (sulfide) groups is 1. The van der Waals surface area contributed by atoms with Crippen molar-refractivity contribution in [3.8, 4) is 5.75 Å². The highest BCUT2D eigenvalue weighted by Crippen LogP contribution is 2.35. The Bertz CT molecular complexity index is 952. The smallest absolute Gasteiger partial charge is 0.276 e. The number of thiocarbonyl (C=S) groups is 1. The van der Waals surface area contributed by atoms with E-state index in [0.29, 0.717) is 20.5 Å². The lowest BCUT2D eigenvalue weighted by Gasteiger charge is -2.14. The molecule has 0 atom stereocenters. The second-order valence-corrected chi connectivity index (χ2v) is 6.91. The number of para-hydroxylation sites is 1. The summed E-state index contributed by atoms with van der Waals surface area (Å²) in [7, 11) is 0. The Morgan fingerprint density at radius 2 is 1.85 bits per heavy atom. The SMILES string of the molecule is O=C1/C(=C/C=C/c2ccccc2[N+](=O)[O-])SC(=S)N1c1ccc(O)cc1. The van der Waals surface area contributed by atoms with Crippen LogP contribution in [0.3, 0.4) is 0 Å². The van der Waals surface area contributed by atoms with E-state index in [-0.39, 0.29) is 17.3 Å². The van der Waals surface area contributed by atoms with Crippen LogP contribution in [0.4, 0.5) is 11.4 Å². The number of benzene rings is 2. The summed E-state index contributed by atoms with van der Waals surface area (Å²) in [6.45, 7) is 0. The maximum atomic E-state index is 12.6. The number of nitro benzene ring substituents is 1. The number of carbonyl (C=O) groups is 1. The molecule has 1 aliphatic heterocycles. The van der Waals surface area contributed by atoms with Gasteiger partial charge in [-0.25, -0.2) is 0 Å². The van der Waals surface area contributed by atoms with Gasteiger partial charge in [-0.05, 0) is 42.5 Å². The monoisotopic (exact) mass is 384 g/mol. The number of aromatic hydroxyl groups is 1. The average molecular weight is 384 g/mol. The molecule has 0 bridgehead atoms. The summed E-state index contributed by atoms with van der Waals surface area (Å²) < 4.78 is 0.381. The summed E-state index contributed by atoms with van der Waals surface area (Å²) in [4.78, 5) is 24.9. The first kappa shape index (κ1) is 17.8. The molecule has 0 aliphatic carbocycles. The van der Waals surface area contributed by atoms with E-state index in [1.807, 2.05) is 0 Å². The summed E-state index contributed by atoms with van der Waals surface area (Å²) in [5.74, 6) is -0.181. The molecule has 26 heavy (non-hydrogen) atoms. The van der Waals surface area contributed by atoms with Gasteiger partial charge in [-0.15, -0.1) is 0 Å². The highest BCUT2D eigenvalue weighted by molar-refractivity contribution is 8.27. The summed E-state index contributed by atoms with van der Waals surface area (Å²) in [6, 6.07) is 12.5. The number of rotatable bonds is 4. The lowest BCUT2D eigenvalue weighted by atomic mass is 10.1. The van der Waals surface area contributed by atoms with Crippen molar-refractivity contribution in [2.45, 2.75) is 0 Å². The molecule has 6 nitrogen and oxygen atoms in total. The van der Waals surface area contributed by atoms with Crippen LogP contribution in [0, 0.1) is 10.1 Å². The van der Waals surface area contributed by atoms with Crippen molar-refractivity contribution in [2.24, 2.45) is 0 Å². The number of nitro groups is 1. The fourth-order valence-electron chi connectivity index (χ4n) is 2.34. The van der Waals surface area contributed by atoms with Crippen molar-refractivity contribution in [3.05, 3.63) is 81.3 Å². The van der Waals surface area contributed by atoms with E-state index in [0.717, 1.165) is 11.8 Å². The molecule has 2 aromatic rings. The Balaban J connectivity index is 1.82. The van der Waals surface area contributed by atoms with Gasteiger partial charge in [-0.3, -0.25) is 19.8 Å². The van der Waals surface area contributed by atoms with Crippen molar-refractivity contribution in [2.75, 3.05) is 4.90 Å². The fourth-order valence-corrected chi connectivity index (χ4v) is 3.59. The van der Waals surface area contributed by atoms with E-state index in [2.05, 4.69) is 0 Å². The highest BCUT2D eigenvalue weighted by Gasteiger charge is 2.32. The Morgan fingerprint density at radius 1 is 1.15 bits per heavy atom. The van der Waals surface area contributed by atoms with Gasteiger partial charge >= 0.3 is 0 Å². The van der Waals surface area contributed by atoms with Crippen LogP contribution in [0.15, 0.2) is 65.6 Å². The Morgan fingerprint density at radius 3 is 2.54 bits per heavy atom. The van der Waals surface area contributed by atoms with Gasteiger partial charge in [-0.2, -0.15) is 0 Å². The van der Waals surface area contributed by atoms with Gasteiger partial charge in [0.15, 0.2) is 4.32 Å². The van der Waals surface area contributed by atoms with E-state index >= 15 is 0 Å². The maximum absolute atomic E-state index is 12.6. The average Bonchev–Trinajstić information content (AvgIpc) is 2.90. The van der Waals surface area contributed by atoms with Gasteiger partial charge < -0.3 is 5.11 Å². The molecule has 3 rings (SSSR count). The van der Waals surface area contributed by atoms with Crippen LogP contribution >= 0.6 is 24.0 Å². The quantitative estimate of drug-likeness (QED) is 0.367. The molecule has 0 saturated carbocycles. The first-order valence-corrected chi connectivity index (χ1v) is 8.67. The van der Waals surface area contributed by atoms with Crippen molar-refractivity contribution in [1.29, 1.82) is 0 Å². The number of phenolic OH excluding ortho intramolecular Hbond substituents is 1. The number of hydrogen-bond acceptors (Lipinski definition) is 6. The molecule has 130 valence electrons. The third-order valence-electron chi connectivity index (χ3n) is 3.56. The third-order valence-corrected chi connectivity index (χ3v) is 4.88. The number of anilines is 1. The highest BCUT2D eigenvalue weighted by atomic mass is 32.2. The molecule has 1 N–H and O–H groups in total. The predicted molar refractivity (Wildman–Crippen MR) is 106 cm³/mol. The largest absolute Gasteiger partial charge is 0.508 e. The summed E-state index contributed by atoms with van der Waals surface area (Å²) in [5, 5.41) is 20.4. The van der Waals surface area contributed by atoms with Gasteiger partial charge in [0.25, 0.3) is 11.6 Å². The van der Waals surface area contributed by atoms with E-state index < -0.39 is 4.92 Å². The minimum atomic E-state index is -0.454. The van der Waals surface area contributed by atoms with Gasteiger partial charge in [0.1, 0.15) is 5.75 Å². The Kier molecular flexibility index (Phi) is 5.15. The van der Waals surface area contributed by atoms with E-state index in [4.69, 9.17) is 12.2 Å². The summed E-state index contributed by atoms with van der Waals surface area (Å²) in [5.41, 5.74) is 1.01. The zero-order valence-corrected chi connectivity index (χ0v) is 14.9. The van der Waals surface area contributed by atoms with Crippen LogP contribution in [0.5, 0.6) is 5.75 Å². The van der Waals surface area contributed by atoms with E-state index in [9.17, 15) is 20.0 Å². The number of nitrogens with zero attached hydrogens (tertiary/aromatic N) is 2. The lowest BCUT2D eigenvalue weighted by molar-refractivity contribution is -0.385. The topological polar surface area (TPSA) is 83.7 Å². The summed E-state index contributed by atoms with van der Waals surface area (Å²) >= 11 is 6.41. The molecule has 8 heteroatoms. The van der Waals surface area contributed by atoms with Gasteiger partial charge in [-0.1, -0.05) is 42.2 Å². The zero-order valence-electron chi connectivity index (χ0n) is 13.2. The third kappa shape index (κ3) is 3.66. The molecular formula is C18H12N2O4S2. The van der Waals surface area contributed by atoms with Crippen LogP contribution < -0.4 is 4.90 Å². The van der Waals surface area contributed by atoms with E-state index in [1.165, 1.54) is 23.1 Å². The molecule has 0 spiro atoms. The van der Waals surface area contributed by atoms with Crippen LogP contribution in [0.1, 0.15) is 5.56 Å². The molecule has 1 amide bonds. The van der Waals surface area contributed by atoms with Crippen LogP contribution in [-0.4, -0.2) is 20.3 Å². The molecule has 1 heterocycles. The van der Waals surface area contributed by atoms with Crippen LogP contribution in [0.25, 0.3) is 6.08 Å².